The minimum Gasteiger partial charge on any atom is -0.507 e. The normalized spacial score (nSPS) is 16.5. The molecule has 1 N–H and O–H groups in total. The van der Waals surface area contributed by atoms with E-state index in [0.29, 0.717) is 51.9 Å². The number of thiazole rings is 1. The van der Waals surface area contributed by atoms with Gasteiger partial charge in [0.25, 0.3) is 5.78 Å². The van der Waals surface area contributed by atoms with Gasteiger partial charge in [-0.15, -0.1) is 0 Å². The second-order valence-electron chi connectivity index (χ2n) is 10.8. The van der Waals surface area contributed by atoms with Crippen molar-refractivity contribution >= 4 is 55.7 Å². The largest absolute Gasteiger partial charge is 0.507 e. The number of fused-ring (bicyclic) bond motifs is 1. The molecule has 218 valence electrons. The molecule has 7 nitrogen and oxygen atoms in total. The van der Waals surface area contributed by atoms with Gasteiger partial charge in [0.15, 0.2) is 16.6 Å². The Bertz CT molecular complexity index is 1690. The molecule has 9 heteroatoms. The van der Waals surface area contributed by atoms with Crippen molar-refractivity contribution in [3.8, 4) is 11.5 Å². The van der Waals surface area contributed by atoms with Crippen LogP contribution in [-0.4, -0.2) is 35.0 Å². The van der Waals surface area contributed by atoms with Crippen LogP contribution >= 0.6 is 22.9 Å². The van der Waals surface area contributed by atoms with E-state index in [-0.39, 0.29) is 11.3 Å². The molecule has 1 amide bonds. The summed E-state index contributed by atoms with van der Waals surface area (Å²) in [5, 5.41) is 12.3. The lowest BCUT2D eigenvalue weighted by Gasteiger charge is -2.24. The topological polar surface area (TPSA) is 89.0 Å². The van der Waals surface area contributed by atoms with E-state index in [0.717, 1.165) is 27.8 Å². The van der Waals surface area contributed by atoms with Gasteiger partial charge in [-0.2, -0.15) is 0 Å². The number of nitrogens with zero attached hydrogens (tertiary/aromatic N) is 2. The number of Topliss-reactive ketones (excluding diaryl/α,β-unsaturated/α-hetero) is 1. The molecule has 1 atom stereocenters. The van der Waals surface area contributed by atoms with Gasteiger partial charge in [-0.05, 0) is 92.3 Å². The van der Waals surface area contributed by atoms with Gasteiger partial charge in [-0.1, -0.05) is 48.9 Å². The number of amides is 1. The van der Waals surface area contributed by atoms with Crippen LogP contribution in [0.25, 0.3) is 16.0 Å². The quantitative estimate of drug-likeness (QED) is 0.118. The Morgan fingerprint density at radius 3 is 2.48 bits per heavy atom. The molecule has 1 aliphatic heterocycles. The summed E-state index contributed by atoms with van der Waals surface area (Å²) in [5.41, 5.74) is 3.73. The SMILES string of the molecule is CCOc1cc(C2C(=C(O)c3ccc(Cl)cc3)C(=O)C(=O)N2c2nc3c(C)cc(C)cc3s2)ccc1OCCC(C)C. The summed E-state index contributed by atoms with van der Waals surface area (Å²) in [5.74, 6) is -0.308. The van der Waals surface area contributed by atoms with Gasteiger partial charge in [0, 0.05) is 10.6 Å². The van der Waals surface area contributed by atoms with Crippen LogP contribution in [0.15, 0.2) is 60.2 Å². The van der Waals surface area contributed by atoms with Gasteiger partial charge < -0.3 is 14.6 Å². The molecule has 5 rings (SSSR count). The second-order valence-corrected chi connectivity index (χ2v) is 12.2. The van der Waals surface area contributed by atoms with Crippen molar-refractivity contribution in [3.05, 3.63) is 87.4 Å². The number of aryl methyl sites for hydroxylation is 2. The van der Waals surface area contributed by atoms with E-state index < -0.39 is 17.7 Å². The number of benzene rings is 3. The third-order valence-corrected chi connectivity index (χ3v) is 8.38. The molecule has 0 spiro atoms. The first-order valence-electron chi connectivity index (χ1n) is 13.9. The number of aromatic nitrogens is 1. The predicted octanol–water partition coefficient (Wildman–Crippen LogP) is 8.02. The average Bonchev–Trinajstić information content (AvgIpc) is 3.48. The molecule has 1 aromatic heterocycles. The maximum atomic E-state index is 13.7. The number of anilines is 1. The Kier molecular flexibility index (Phi) is 8.57. The maximum absolute atomic E-state index is 13.7. The summed E-state index contributed by atoms with van der Waals surface area (Å²) in [4.78, 5) is 33.6. The molecule has 2 heterocycles. The van der Waals surface area contributed by atoms with Crippen molar-refractivity contribution in [2.24, 2.45) is 5.92 Å². The predicted molar refractivity (Wildman–Crippen MR) is 168 cm³/mol. The van der Waals surface area contributed by atoms with Crippen LogP contribution < -0.4 is 14.4 Å². The van der Waals surface area contributed by atoms with Crippen LogP contribution in [0.5, 0.6) is 11.5 Å². The number of aliphatic hydroxyl groups excluding tert-OH is 1. The maximum Gasteiger partial charge on any atom is 0.301 e. The number of halogens is 1. The summed E-state index contributed by atoms with van der Waals surface area (Å²) in [6.45, 7) is 11.0. The Balaban J connectivity index is 1.69. The molecule has 0 bridgehead atoms. The molecule has 1 fully saturated rings. The molecule has 1 aliphatic rings. The van der Waals surface area contributed by atoms with Gasteiger partial charge in [0.05, 0.1) is 35.0 Å². The Morgan fingerprint density at radius 2 is 1.79 bits per heavy atom. The van der Waals surface area contributed by atoms with Crippen LogP contribution in [0.4, 0.5) is 5.13 Å². The van der Waals surface area contributed by atoms with Crippen molar-refractivity contribution in [1.29, 1.82) is 0 Å². The van der Waals surface area contributed by atoms with Crippen LogP contribution in [0.1, 0.15) is 55.5 Å². The standard InChI is InChI=1S/C33H33ClN2O5S/c1-6-40-25-17-22(9-12-24(25)41-14-13-18(2)3)29-27(30(37)21-7-10-23(34)11-8-21)31(38)32(39)36(29)33-35-28-20(5)15-19(4)16-26(28)42-33/h7-12,15-18,29,37H,6,13-14H2,1-5H3. The molecule has 0 aliphatic carbocycles. The number of rotatable bonds is 9. The average molecular weight is 605 g/mol. The Hall–Kier alpha value is -3.88. The number of carbonyl (C=O) groups excluding carboxylic acids is 2. The highest BCUT2D eigenvalue weighted by atomic mass is 35.5. The fraction of sp³-hybridized carbons (Fsp3) is 0.303. The molecule has 0 radical (unpaired) electrons. The van der Waals surface area contributed by atoms with Gasteiger partial charge in [0.2, 0.25) is 0 Å². The minimum absolute atomic E-state index is 0.0367. The molecule has 1 saturated heterocycles. The zero-order chi connectivity index (χ0) is 30.1. The highest BCUT2D eigenvalue weighted by molar-refractivity contribution is 7.22. The zero-order valence-electron chi connectivity index (χ0n) is 24.2. The number of hydrogen-bond acceptors (Lipinski definition) is 7. The van der Waals surface area contributed by atoms with Crippen molar-refractivity contribution in [1.82, 2.24) is 4.98 Å². The third kappa shape index (κ3) is 5.74. The second kappa shape index (κ2) is 12.2. The lowest BCUT2D eigenvalue weighted by molar-refractivity contribution is -0.132. The fourth-order valence-corrected chi connectivity index (χ4v) is 6.35. The van der Waals surface area contributed by atoms with Gasteiger partial charge in [-0.25, -0.2) is 4.98 Å². The highest BCUT2D eigenvalue weighted by Crippen LogP contribution is 2.46. The first kappa shape index (κ1) is 29.6. The number of hydrogen-bond donors (Lipinski definition) is 1. The Morgan fingerprint density at radius 1 is 1.05 bits per heavy atom. The molecule has 42 heavy (non-hydrogen) atoms. The van der Waals surface area contributed by atoms with Gasteiger partial charge in [-0.3, -0.25) is 14.5 Å². The number of ketones is 1. The van der Waals surface area contributed by atoms with Crippen molar-refractivity contribution in [2.45, 2.75) is 47.1 Å². The van der Waals surface area contributed by atoms with E-state index in [2.05, 4.69) is 13.8 Å². The lowest BCUT2D eigenvalue weighted by Crippen LogP contribution is -2.29. The Labute approximate surface area is 254 Å². The van der Waals surface area contributed by atoms with Crippen LogP contribution in [0.3, 0.4) is 0 Å². The zero-order valence-corrected chi connectivity index (χ0v) is 25.8. The van der Waals surface area contributed by atoms with E-state index in [9.17, 15) is 14.7 Å². The molecule has 3 aromatic carbocycles. The number of aliphatic hydroxyl groups is 1. The first-order chi connectivity index (χ1) is 20.1. The molecule has 0 saturated carbocycles. The van der Waals surface area contributed by atoms with Crippen LogP contribution in [0, 0.1) is 19.8 Å². The third-order valence-electron chi connectivity index (χ3n) is 7.12. The van der Waals surface area contributed by atoms with E-state index in [1.165, 1.54) is 16.2 Å². The van der Waals surface area contributed by atoms with E-state index in [1.54, 1.807) is 42.5 Å². The summed E-state index contributed by atoms with van der Waals surface area (Å²) in [7, 11) is 0. The first-order valence-corrected chi connectivity index (χ1v) is 15.1. The van der Waals surface area contributed by atoms with Crippen molar-refractivity contribution in [2.75, 3.05) is 18.1 Å². The van der Waals surface area contributed by atoms with Gasteiger partial charge in [0.1, 0.15) is 5.76 Å². The van der Waals surface area contributed by atoms with E-state index in [4.69, 9.17) is 26.1 Å². The summed E-state index contributed by atoms with van der Waals surface area (Å²) >= 11 is 7.41. The van der Waals surface area contributed by atoms with Crippen LogP contribution in [-0.2, 0) is 9.59 Å². The van der Waals surface area contributed by atoms with Crippen LogP contribution in [0.2, 0.25) is 5.02 Å². The van der Waals surface area contributed by atoms with Crippen molar-refractivity contribution in [3.63, 3.8) is 0 Å². The van der Waals surface area contributed by atoms with E-state index >= 15 is 0 Å². The fourth-order valence-electron chi connectivity index (χ4n) is 5.06. The smallest absolute Gasteiger partial charge is 0.301 e. The molecule has 1 unspecified atom stereocenters. The number of ether oxygens (including phenoxy) is 2. The molecular formula is C33H33ClN2O5S. The highest BCUT2D eigenvalue weighted by Gasteiger charge is 2.48. The molecule has 4 aromatic rings. The molecular weight excluding hydrogens is 572 g/mol. The van der Waals surface area contributed by atoms with Crippen molar-refractivity contribution < 1.29 is 24.2 Å². The monoisotopic (exact) mass is 604 g/mol. The van der Waals surface area contributed by atoms with E-state index in [1.807, 2.05) is 32.9 Å². The minimum atomic E-state index is -0.952. The summed E-state index contributed by atoms with van der Waals surface area (Å²) < 4.78 is 12.9. The summed E-state index contributed by atoms with van der Waals surface area (Å²) in [6, 6.07) is 14.9. The number of carbonyl (C=O) groups is 2. The lowest BCUT2D eigenvalue weighted by atomic mass is 9.95. The van der Waals surface area contributed by atoms with Gasteiger partial charge >= 0.3 is 5.91 Å². The summed E-state index contributed by atoms with van der Waals surface area (Å²) in [6.07, 6.45) is 0.880.